The van der Waals surface area contributed by atoms with E-state index in [-0.39, 0.29) is 13.1 Å². The normalized spacial score (nSPS) is 14.9. The van der Waals surface area contributed by atoms with Crippen molar-refractivity contribution in [1.82, 2.24) is 9.80 Å². The van der Waals surface area contributed by atoms with E-state index < -0.39 is 23.5 Å². The third-order valence-corrected chi connectivity index (χ3v) is 4.21. The van der Waals surface area contributed by atoms with Crippen LogP contribution >= 0.6 is 0 Å². The fraction of sp³-hybridized carbons (Fsp3) is 0.333. The van der Waals surface area contributed by atoms with Gasteiger partial charge in [0, 0.05) is 18.0 Å². The van der Waals surface area contributed by atoms with E-state index in [2.05, 4.69) is 0 Å². The lowest BCUT2D eigenvalue weighted by Gasteiger charge is -2.15. The van der Waals surface area contributed by atoms with Crippen LogP contribution in [0, 0.1) is 0 Å². The van der Waals surface area contributed by atoms with Crippen LogP contribution in [-0.2, 0) is 22.6 Å². The summed E-state index contributed by atoms with van der Waals surface area (Å²) in [6.07, 6.45) is 1.35. The molecule has 0 spiro atoms. The van der Waals surface area contributed by atoms with Crippen LogP contribution in [0.15, 0.2) is 33.5 Å². The van der Waals surface area contributed by atoms with Gasteiger partial charge in [-0.1, -0.05) is 26.0 Å². The molecule has 1 aromatic carbocycles. The summed E-state index contributed by atoms with van der Waals surface area (Å²) in [5.74, 6) is -1.70. The number of carbonyl (C=O) groups is 3. The average Bonchev–Trinajstić information content (AvgIpc) is 2.79. The average molecular weight is 342 g/mol. The highest BCUT2D eigenvalue weighted by atomic mass is 16.4. The molecule has 1 aliphatic rings. The number of rotatable bonds is 5. The zero-order valence-electron chi connectivity index (χ0n) is 14.1. The zero-order chi connectivity index (χ0) is 18.1. The molecule has 0 aliphatic carbocycles. The minimum absolute atomic E-state index is 0.142. The van der Waals surface area contributed by atoms with Crippen LogP contribution in [0.5, 0.6) is 0 Å². The summed E-state index contributed by atoms with van der Waals surface area (Å²) in [6.45, 7) is 3.85. The van der Waals surface area contributed by atoms with Gasteiger partial charge in [-0.25, -0.2) is 9.59 Å². The third-order valence-electron chi connectivity index (χ3n) is 4.21. The van der Waals surface area contributed by atoms with Gasteiger partial charge in [-0.3, -0.25) is 19.4 Å². The van der Waals surface area contributed by atoms with Crippen LogP contribution < -0.4 is 5.63 Å². The first-order chi connectivity index (χ1) is 12.0. The largest absolute Gasteiger partial charge is 0.423 e. The molecule has 2 aromatic rings. The number of hydrogen-bond donors (Lipinski definition) is 0. The number of fused-ring (bicyclic) bond motifs is 1. The molecule has 3 rings (SSSR count). The van der Waals surface area contributed by atoms with Gasteiger partial charge in [-0.2, -0.15) is 0 Å². The fourth-order valence-electron chi connectivity index (χ4n) is 2.91. The first kappa shape index (κ1) is 16.9. The highest BCUT2D eigenvalue weighted by Gasteiger charge is 2.43. The molecular formula is C18H18N2O5. The first-order valence-corrected chi connectivity index (χ1v) is 8.19. The number of aryl methyl sites for hydroxylation is 1. The number of amides is 4. The van der Waals surface area contributed by atoms with Crippen molar-refractivity contribution in [1.29, 1.82) is 0 Å². The Kier molecular flexibility index (Phi) is 4.39. The van der Waals surface area contributed by atoms with Gasteiger partial charge in [0.25, 0.3) is 0 Å². The van der Waals surface area contributed by atoms with E-state index in [0.29, 0.717) is 23.0 Å². The molecule has 1 saturated heterocycles. The first-order valence-electron chi connectivity index (χ1n) is 8.19. The van der Waals surface area contributed by atoms with Crippen molar-refractivity contribution in [2.24, 2.45) is 0 Å². The van der Waals surface area contributed by atoms with Crippen LogP contribution in [0.4, 0.5) is 4.79 Å². The minimum Gasteiger partial charge on any atom is -0.423 e. The van der Waals surface area contributed by atoms with Crippen molar-refractivity contribution in [3.63, 3.8) is 0 Å². The third kappa shape index (κ3) is 2.93. The van der Waals surface area contributed by atoms with E-state index in [1.54, 1.807) is 12.1 Å². The molecule has 1 aromatic heterocycles. The maximum atomic E-state index is 12.4. The Morgan fingerprint density at radius 1 is 0.960 bits per heavy atom. The molecule has 7 heteroatoms. The Morgan fingerprint density at radius 2 is 1.68 bits per heavy atom. The Hall–Kier alpha value is -2.96. The predicted molar refractivity (Wildman–Crippen MR) is 89.8 cm³/mol. The molecule has 0 N–H and O–H groups in total. The molecule has 0 saturated carbocycles. The number of benzene rings is 1. The van der Waals surface area contributed by atoms with Gasteiger partial charge in [0.05, 0.1) is 6.54 Å². The summed E-state index contributed by atoms with van der Waals surface area (Å²) in [6, 6.07) is 6.06. The molecule has 25 heavy (non-hydrogen) atoms. The number of carbonyl (C=O) groups excluding carboxylic acids is 3. The summed E-state index contributed by atoms with van der Waals surface area (Å²) in [5, 5.41) is 0.638. The van der Waals surface area contributed by atoms with Crippen molar-refractivity contribution in [3.05, 3.63) is 45.8 Å². The topological polar surface area (TPSA) is 87.9 Å². The van der Waals surface area contributed by atoms with E-state index in [0.717, 1.165) is 21.8 Å². The molecule has 1 fully saturated rings. The molecule has 1 aliphatic heterocycles. The molecule has 7 nitrogen and oxygen atoms in total. The summed E-state index contributed by atoms with van der Waals surface area (Å²) in [5.41, 5.74) is 1.32. The predicted octanol–water partition coefficient (Wildman–Crippen LogP) is 2.06. The smallest absolute Gasteiger partial charge is 0.336 e. The van der Waals surface area contributed by atoms with Crippen LogP contribution in [-0.4, -0.2) is 34.2 Å². The Labute approximate surface area is 143 Å². The lowest BCUT2D eigenvalue weighted by molar-refractivity contribution is -0.143. The van der Waals surface area contributed by atoms with Crippen molar-refractivity contribution in [2.45, 2.75) is 33.2 Å². The number of nitrogens with zero attached hydrogens (tertiary/aromatic N) is 2. The van der Waals surface area contributed by atoms with E-state index in [1.807, 2.05) is 19.9 Å². The summed E-state index contributed by atoms with van der Waals surface area (Å²) >= 11 is 0. The number of hydrogen-bond acceptors (Lipinski definition) is 5. The van der Waals surface area contributed by atoms with Crippen LogP contribution in [0.2, 0.25) is 0 Å². The van der Waals surface area contributed by atoms with Crippen molar-refractivity contribution in [2.75, 3.05) is 6.54 Å². The van der Waals surface area contributed by atoms with Gasteiger partial charge in [-0.15, -0.1) is 0 Å². The number of urea groups is 1. The molecule has 0 unspecified atom stereocenters. The van der Waals surface area contributed by atoms with Crippen molar-refractivity contribution < 1.29 is 18.8 Å². The maximum Gasteiger partial charge on any atom is 0.336 e. The van der Waals surface area contributed by atoms with E-state index in [1.165, 1.54) is 6.07 Å². The summed E-state index contributed by atoms with van der Waals surface area (Å²) in [7, 11) is 0. The number of imide groups is 2. The Bertz CT molecular complexity index is 931. The van der Waals surface area contributed by atoms with E-state index >= 15 is 0 Å². The second kappa shape index (κ2) is 6.51. The minimum atomic E-state index is -0.870. The van der Waals surface area contributed by atoms with Crippen molar-refractivity contribution >= 4 is 28.8 Å². The highest BCUT2D eigenvalue weighted by molar-refractivity contribution is 6.44. The lowest BCUT2D eigenvalue weighted by Crippen LogP contribution is -2.33. The van der Waals surface area contributed by atoms with Crippen LogP contribution in [0.3, 0.4) is 0 Å². The molecular weight excluding hydrogens is 324 g/mol. The Morgan fingerprint density at radius 3 is 2.36 bits per heavy atom. The summed E-state index contributed by atoms with van der Waals surface area (Å²) in [4.78, 5) is 50.1. The fourth-order valence-corrected chi connectivity index (χ4v) is 2.91. The quantitative estimate of drug-likeness (QED) is 0.471. The van der Waals surface area contributed by atoms with Gasteiger partial charge < -0.3 is 4.42 Å². The van der Waals surface area contributed by atoms with Gasteiger partial charge in [0.2, 0.25) is 0 Å². The molecule has 0 bridgehead atoms. The SMILES string of the molecule is CCCN1C(=O)C(=O)N(Cc2cc(=O)oc3cc(CC)ccc23)C1=O. The van der Waals surface area contributed by atoms with Crippen LogP contribution in [0.25, 0.3) is 11.0 Å². The standard InChI is InChI=1S/C18H18N2O5/c1-3-7-19-16(22)17(23)20(18(19)24)10-12-9-15(21)25-14-8-11(4-2)5-6-13(12)14/h5-6,8-9H,3-4,7,10H2,1-2H3. The Balaban J connectivity index is 2.00. The van der Waals surface area contributed by atoms with Gasteiger partial charge in [0.1, 0.15) is 5.58 Å². The van der Waals surface area contributed by atoms with Gasteiger partial charge >= 0.3 is 23.5 Å². The zero-order valence-corrected chi connectivity index (χ0v) is 14.1. The molecule has 2 heterocycles. The molecule has 130 valence electrons. The van der Waals surface area contributed by atoms with Crippen LogP contribution in [0.1, 0.15) is 31.4 Å². The van der Waals surface area contributed by atoms with Crippen molar-refractivity contribution in [3.8, 4) is 0 Å². The van der Waals surface area contributed by atoms with Gasteiger partial charge in [0.15, 0.2) is 0 Å². The molecule has 0 atom stereocenters. The molecule has 0 radical (unpaired) electrons. The lowest BCUT2D eigenvalue weighted by atomic mass is 10.1. The second-order valence-corrected chi connectivity index (χ2v) is 5.91. The van der Waals surface area contributed by atoms with E-state index in [4.69, 9.17) is 4.42 Å². The molecule has 4 amide bonds. The van der Waals surface area contributed by atoms with E-state index in [9.17, 15) is 19.2 Å². The summed E-state index contributed by atoms with van der Waals surface area (Å²) < 4.78 is 5.22. The second-order valence-electron chi connectivity index (χ2n) is 5.91. The van der Waals surface area contributed by atoms with Gasteiger partial charge in [-0.05, 0) is 30.0 Å². The monoisotopic (exact) mass is 342 g/mol. The maximum absolute atomic E-state index is 12.4. The highest BCUT2D eigenvalue weighted by Crippen LogP contribution is 2.23.